The Kier molecular flexibility index (Phi) is 4.82. The van der Waals surface area contributed by atoms with Crippen molar-refractivity contribution in [3.05, 3.63) is 99.2 Å². The van der Waals surface area contributed by atoms with Crippen LogP contribution in [0.1, 0.15) is 27.0 Å². The van der Waals surface area contributed by atoms with Crippen LogP contribution in [0.5, 0.6) is 11.5 Å². The van der Waals surface area contributed by atoms with Gasteiger partial charge in [-0.15, -0.1) is 0 Å². The number of rotatable bonds is 4. The number of halogens is 1. The van der Waals surface area contributed by atoms with Crippen LogP contribution in [0.15, 0.2) is 77.0 Å². The number of hydrogen-bond donors (Lipinski definition) is 0. The van der Waals surface area contributed by atoms with E-state index in [9.17, 15) is 4.79 Å². The van der Waals surface area contributed by atoms with Gasteiger partial charge in [-0.2, -0.15) is 0 Å². The molecule has 1 aliphatic rings. The van der Waals surface area contributed by atoms with Gasteiger partial charge in [0.15, 0.2) is 5.76 Å². The van der Waals surface area contributed by atoms with Crippen LogP contribution in [-0.2, 0) is 6.61 Å². The summed E-state index contributed by atoms with van der Waals surface area (Å²) in [5.74, 6) is 1.43. The minimum atomic E-state index is -0.106. The van der Waals surface area contributed by atoms with Gasteiger partial charge in [0.2, 0.25) is 5.78 Å². The van der Waals surface area contributed by atoms with E-state index in [4.69, 9.17) is 9.47 Å². The van der Waals surface area contributed by atoms with Gasteiger partial charge in [0.1, 0.15) is 18.1 Å². The minimum Gasteiger partial charge on any atom is -0.489 e. The summed E-state index contributed by atoms with van der Waals surface area (Å²) >= 11 is 3.42. The molecule has 0 saturated heterocycles. The SMILES string of the molecule is Cc1cccc(/C=C2\Oc3cc(OCc4ccc(Br)cc4)ccc3C2=O)c1. The molecular weight excluding hydrogens is 404 g/mol. The summed E-state index contributed by atoms with van der Waals surface area (Å²) in [6, 6.07) is 21.2. The predicted octanol–water partition coefficient (Wildman–Crippen LogP) is 5.95. The Hall–Kier alpha value is -2.85. The number of benzene rings is 3. The fourth-order valence-corrected chi connectivity index (χ4v) is 3.18. The van der Waals surface area contributed by atoms with Gasteiger partial charge in [-0.3, -0.25) is 4.79 Å². The van der Waals surface area contributed by atoms with E-state index in [1.54, 1.807) is 24.3 Å². The lowest BCUT2D eigenvalue weighted by atomic mass is 10.1. The lowest BCUT2D eigenvalue weighted by Crippen LogP contribution is -1.98. The molecule has 1 aliphatic heterocycles. The van der Waals surface area contributed by atoms with Crippen molar-refractivity contribution in [3.8, 4) is 11.5 Å². The predicted molar refractivity (Wildman–Crippen MR) is 109 cm³/mol. The van der Waals surface area contributed by atoms with Gasteiger partial charge in [0.05, 0.1) is 5.56 Å². The zero-order chi connectivity index (χ0) is 18.8. The highest BCUT2D eigenvalue weighted by Crippen LogP contribution is 2.35. The maximum atomic E-state index is 12.6. The molecule has 4 rings (SSSR count). The second-order valence-electron chi connectivity index (χ2n) is 6.43. The van der Waals surface area contributed by atoms with Crippen molar-refractivity contribution in [3.63, 3.8) is 0 Å². The number of aryl methyl sites for hydroxylation is 1. The van der Waals surface area contributed by atoms with Crippen LogP contribution >= 0.6 is 15.9 Å². The summed E-state index contributed by atoms with van der Waals surface area (Å²) in [5, 5.41) is 0. The molecule has 27 heavy (non-hydrogen) atoms. The molecule has 3 aromatic rings. The lowest BCUT2D eigenvalue weighted by molar-refractivity contribution is 0.101. The Balaban J connectivity index is 1.51. The number of allylic oxidation sites excluding steroid dienone is 1. The first-order valence-electron chi connectivity index (χ1n) is 8.61. The molecule has 0 bridgehead atoms. The molecule has 3 aromatic carbocycles. The molecule has 0 fully saturated rings. The first-order chi connectivity index (χ1) is 13.1. The first-order valence-corrected chi connectivity index (χ1v) is 9.40. The summed E-state index contributed by atoms with van der Waals surface area (Å²) in [6.07, 6.45) is 1.78. The standard InChI is InChI=1S/C23H17BrO3/c1-15-3-2-4-17(11-15)12-22-23(25)20-10-9-19(13-21(20)27-22)26-14-16-5-7-18(24)8-6-16/h2-13H,14H2,1H3/b22-12-. The van der Waals surface area contributed by atoms with Crippen LogP contribution in [0.3, 0.4) is 0 Å². The van der Waals surface area contributed by atoms with E-state index in [1.165, 1.54) is 0 Å². The van der Waals surface area contributed by atoms with Gasteiger partial charge in [-0.1, -0.05) is 57.9 Å². The number of Topliss-reactive ketones (excluding diaryl/α,β-unsaturated/α-hetero) is 1. The quantitative estimate of drug-likeness (QED) is 0.488. The van der Waals surface area contributed by atoms with Crippen molar-refractivity contribution < 1.29 is 14.3 Å². The summed E-state index contributed by atoms with van der Waals surface area (Å²) in [4.78, 5) is 12.6. The van der Waals surface area contributed by atoms with E-state index in [0.29, 0.717) is 29.4 Å². The van der Waals surface area contributed by atoms with Crippen LogP contribution < -0.4 is 9.47 Å². The number of carbonyl (C=O) groups excluding carboxylic acids is 1. The van der Waals surface area contributed by atoms with Gasteiger partial charge < -0.3 is 9.47 Å². The van der Waals surface area contributed by atoms with Crippen LogP contribution in [0.2, 0.25) is 0 Å². The molecule has 0 spiro atoms. The summed E-state index contributed by atoms with van der Waals surface area (Å²) < 4.78 is 12.7. The normalized spacial score (nSPS) is 14.1. The maximum Gasteiger partial charge on any atom is 0.231 e. The van der Waals surface area contributed by atoms with Gasteiger partial charge in [0.25, 0.3) is 0 Å². The third-order valence-corrected chi connectivity index (χ3v) is 4.83. The Morgan fingerprint density at radius 3 is 2.63 bits per heavy atom. The maximum absolute atomic E-state index is 12.6. The van der Waals surface area contributed by atoms with E-state index in [0.717, 1.165) is 21.2 Å². The van der Waals surface area contributed by atoms with Crippen molar-refractivity contribution in [2.75, 3.05) is 0 Å². The molecule has 0 unspecified atom stereocenters. The van der Waals surface area contributed by atoms with Crippen molar-refractivity contribution in [2.45, 2.75) is 13.5 Å². The highest BCUT2D eigenvalue weighted by molar-refractivity contribution is 9.10. The molecule has 0 aromatic heterocycles. The number of hydrogen-bond acceptors (Lipinski definition) is 3. The fraction of sp³-hybridized carbons (Fsp3) is 0.0870. The Bertz CT molecular complexity index is 1040. The summed E-state index contributed by atoms with van der Waals surface area (Å²) in [6.45, 7) is 2.47. The highest BCUT2D eigenvalue weighted by Gasteiger charge is 2.27. The van der Waals surface area contributed by atoms with Crippen molar-refractivity contribution in [1.82, 2.24) is 0 Å². The van der Waals surface area contributed by atoms with E-state index in [2.05, 4.69) is 15.9 Å². The monoisotopic (exact) mass is 420 g/mol. The van der Waals surface area contributed by atoms with Gasteiger partial charge in [0, 0.05) is 10.5 Å². The Morgan fingerprint density at radius 1 is 1.04 bits per heavy atom. The number of ketones is 1. The first kappa shape index (κ1) is 17.6. The second kappa shape index (κ2) is 7.41. The molecule has 0 aliphatic carbocycles. The van der Waals surface area contributed by atoms with Crippen molar-refractivity contribution in [1.29, 1.82) is 0 Å². The Labute approximate surface area is 166 Å². The zero-order valence-electron chi connectivity index (χ0n) is 14.7. The minimum absolute atomic E-state index is 0.106. The molecule has 134 valence electrons. The second-order valence-corrected chi connectivity index (χ2v) is 7.34. The highest BCUT2D eigenvalue weighted by atomic mass is 79.9. The van der Waals surface area contributed by atoms with Gasteiger partial charge in [-0.05, 0) is 48.4 Å². The largest absolute Gasteiger partial charge is 0.489 e. The zero-order valence-corrected chi connectivity index (χ0v) is 16.3. The topological polar surface area (TPSA) is 35.5 Å². The van der Waals surface area contributed by atoms with Crippen LogP contribution in [-0.4, -0.2) is 5.78 Å². The molecule has 0 N–H and O–H groups in total. The van der Waals surface area contributed by atoms with Crippen LogP contribution in [0, 0.1) is 6.92 Å². The van der Waals surface area contributed by atoms with Crippen LogP contribution in [0.4, 0.5) is 0 Å². The third-order valence-electron chi connectivity index (χ3n) is 4.30. The molecule has 0 saturated carbocycles. The van der Waals surface area contributed by atoms with Crippen LogP contribution in [0.25, 0.3) is 6.08 Å². The Morgan fingerprint density at radius 2 is 1.85 bits per heavy atom. The van der Waals surface area contributed by atoms with Crippen molar-refractivity contribution in [2.24, 2.45) is 0 Å². The molecule has 0 radical (unpaired) electrons. The van der Waals surface area contributed by atoms with E-state index in [1.807, 2.05) is 55.5 Å². The fourth-order valence-electron chi connectivity index (χ4n) is 2.92. The number of ether oxygens (including phenoxy) is 2. The lowest BCUT2D eigenvalue weighted by Gasteiger charge is -2.07. The van der Waals surface area contributed by atoms with E-state index >= 15 is 0 Å². The molecule has 3 nitrogen and oxygen atoms in total. The van der Waals surface area contributed by atoms with Gasteiger partial charge >= 0.3 is 0 Å². The van der Waals surface area contributed by atoms with Crippen molar-refractivity contribution >= 4 is 27.8 Å². The molecular formula is C23H17BrO3. The summed E-state index contributed by atoms with van der Waals surface area (Å²) in [7, 11) is 0. The molecule has 0 amide bonds. The molecule has 0 atom stereocenters. The average Bonchev–Trinajstić information content (AvgIpc) is 2.96. The average molecular weight is 421 g/mol. The number of carbonyl (C=O) groups is 1. The number of fused-ring (bicyclic) bond motifs is 1. The smallest absolute Gasteiger partial charge is 0.231 e. The van der Waals surface area contributed by atoms with E-state index < -0.39 is 0 Å². The molecule has 1 heterocycles. The van der Waals surface area contributed by atoms with E-state index in [-0.39, 0.29) is 5.78 Å². The van der Waals surface area contributed by atoms with Gasteiger partial charge in [-0.25, -0.2) is 0 Å². The summed E-state index contributed by atoms with van der Waals surface area (Å²) in [5.41, 5.74) is 3.70. The third kappa shape index (κ3) is 3.96. The molecule has 4 heteroatoms.